The lowest BCUT2D eigenvalue weighted by atomic mass is 9.88. The van der Waals surface area contributed by atoms with Crippen molar-refractivity contribution in [1.29, 1.82) is 0 Å². The number of carbonyl (C=O) groups is 1. The van der Waals surface area contributed by atoms with E-state index in [1.54, 1.807) is 31.2 Å². The number of halogens is 1. The number of hydrogen-bond donors (Lipinski definition) is 2. The zero-order valence-corrected chi connectivity index (χ0v) is 21.9. The summed E-state index contributed by atoms with van der Waals surface area (Å²) in [7, 11) is -4.11. The van der Waals surface area contributed by atoms with Crippen LogP contribution >= 0.6 is 11.3 Å². The number of carbonyl (C=O) groups excluding carboxylic acids is 1. The van der Waals surface area contributed by atoms with Gasteiger partial charge >= 0.3 is 5.97 Å². The second-order valence-corrected chi connectivity index (χ2v) is 11.7. The van der Waals surface area contributed by atoms with E-state index in [2.05, 4.69) is 26.9 Å². The summed E-state index contributed by atoms with van der Waals surface area (Å²) in [6, 6.07) is 11.6. The van der Waals surface area contributed by atoms with Crippen LogP contribution in [-0.4, -0.2) is 31.0 Å². The molecule has 0 aliphatic heterocycles. The quantitative estimate of drug-likeness (QED) is 0.290. The monoisotopic (exact) mass is 540 g/mol. The molecule has 1 atom stereocenters. The van der Waals surface area contributed by atoms with E-state index >= 15 is 0 Å². The molecule has 5 rings (SSSR count). The molecule has 11 heteroatoms. The molecule has 1 unspecified atom stereocenters. The Morgan fingerprint density at radius 2 is 1.78 bits per heavy atom. The van der Waals surface area contributed by atoms with Gasteiger partial charge in [0.05, 0.1) is 28.1 Å². The van der Waals surface area contributed by atoms with E-state index in [0.29, 0.717) is 27.5 Å². The Morgan fingerprint density at radius 1 is 1.11 bits per heavy atom. The van der Waals surface area contributed by atoms with Gasteiger partial charge in [-0.1, -0.05) is 19.1 Å². The van der Waals surface area contributed by atoms with Crippen LogP contribution in [0.4, 0.5) is 21.0 Å². The normalized spacial score (nSPS) is 15.3. The van der Waals surface area contributed by atoms with Crippen molar-refractivity contribution in [2.45, 2.75) is 38.0 Å². The number of fused-ring (bicyclic) bond motifs is 2. The minimum atomic E-state index is -4.11. The molecule has 8 nitrogen and oxygen atoms in total. The first-order chi connectivity index (χ1) is 17.7. The fraction of sp³-hybridized carbons (Fsp3) is 0.269. The van der Waals surface area contributed by atoms with Crippen molar-refractivity contribution in [1.82, 2.24) is 9.97 Å². The van der Waals surface area contributed by atoms with Crippen LogP contribution in [0, 0.1) is 11.7 Å². The molecule has 0 saturated carbocycles. The number of benzene rings is 2. The molecule has 0 radical (unpaired) electrons. The highest BCUT2D eigenvalue weighted by molar-refractivity contribution is 7.92. The van der Waals surface area contributed by atoms with Gasteiger partial charge in [0.1, 0.15) is 10.8 Å². The third-order valence-corrected chi connectivity index (χ3v) is 8.67. The summed E-state index contributed by atoms with van der Waals surface area (Å²) < 4.78 is 47.4. The van der Waals surface area contributed by atoms with Crippen molar-refractivity contribution in [3.05, 3.63) is 70.4 Å². The number of anilines is 3. The standard InChI is InChI=1S/C26H25FN4O4S2/c1-3-35-26(32)22-18-13-8-15(2)14-21(18)36-25(22)30-23-24(29-20-7-5-4-6-19(20)28-23)31-37(33,34)17-11-9-16(27)10-12-17/h4-7,9-12,15H,3,8,13-14H2,1-2H3,(H,28,30)(H,29,31). The minimum Gasteiger partial charge on any atom is -0.462 e. The summed E-state index contributed by atoms with van der Waals surface area (Å²) in [6.07, 6.45) is 2.58. The summed E-state index contributed by atoms with van der Waals surface area (Å²) in [4.78, 5) is 23.1. The second kappa shape index (κ2) is 10.1. The molecular formula is C26H25FN4O4S2. The van der Waals surface area contributed by atoms with E-state index in [0.717, 1.165) is 41.8 Å². The molecule has 0 bridgehead atoms. The Labute approximate surface area is 218 Å². The van der Waals surface area contributed by atoms with Gasteiger partial charge in [0.2, 0.25) is 0 Å². The first kappa shape index (κ1) is 25.1. The first-order valence-electron chi connectivity index (χ1n) is 11.9. The van der Waals surface area contributed by atoms with Gasteiger partial charge in [0, 0.05) is 4.88 Å². The van der Waals surface area contributed by atoms with E-state index < -0.39 is 21.8 Å². The molecule has 1 aliphatic rings. The van der Waals surface area contributed by atoms with E-state index in [1.807, 2.05) is 0 Å². The molecule has 37 heavy (non-hydrogen) atoms. The summed E-state index contributed by atoms with van der Waals surface area (Å²) >= 11 is 1.45. The zero-order valence-electron chi connectivity index (χ0n) is 20.2. The predicted octanol–water partition coefficient (Wildman–Crippen LogP) is 5.68. The molecule has 2 aromatic carbocycles. The topological polar surface area (TPSA) is 110 Å². The van der Waals surface area contributed by atoms with Gasteiger partial charge in [-0.2, -0.15) is 0 Å². The van der Waals surface area contributed by atoms with Crippen LogP contribution in [0.5, 0.6) is 0 Å². The number of thiophene rings is 1. The van der Waals surface area contributed by atoms with Crippen LogP contribution in [-0.2, 0) is 27.6 Å². The number of ether oxygens (including phenoxy) is 1. The highest BCUT2D eigenvalue weighted by atomic mass is 32.2. The number of hydrogen-bond acceptors (Lipinski definition) is 8. The van der Waals surface area contributed by atoms with E-state index in [9.17, 15) is 17.6 Å². The molecule has 0 spiro atoms. The van der Waals surface area contributed by atoms with E-state index in [-0.39, 0.29) is 23.1 Å². The molecule has 0 fully saturated rings. The van der Waals surface area contributed by atoms with Gasteiger partial charge in [0.25, 0.3) is 10.0 Å². The Morgan fingerprint density at radius 3 is 2.46 bits per heavy atom. The Bertz CT molecular complexity index is 1590. The maximum atomic E-state index is 13.4. The molecule has 0 saturated heterocycles. The Balaban J connectivity index is 1.60. The smallest absolute Gasteiger partial charge is 0.341 e. The lowest BCUT2D eigenvalue weighted by Crippen LogP contribution is -2.16. The average molecular weight is 541 g/mol. The van der Waals surface area contributed by atoms with Crippen molar-refractivity contribution >= 4 is 55.0 Å². The van der Waals surface area contributed by atoms with Crippen molar-refractivity contribution in [2.75, 3.05) is 16.6 Å². The van der Waals surface area contributed by atoms with Crippen LogP contribution < -0.4 is 10.0 Å². The summed E-state index contributed by atoms with van der Waals surface area (Å²) in [6.45, 7) is 4.16. The van der Waals surface area contributed by atoms with Crippen LogP contribution in [0.1, 0.15) is 41.1 Å². The van der Waals surface area contributed by atoms with Crippen molar-refractivity contribution < 1.29 is 22.3 Å². The lowest BCUT2D eigenvalue weighted by Gasteiger charge is -2.18. The van der Waals surface area contributed by atoms with Crippen LogP contribution in [0.25, 0.3) is 11.0 Å². The maximum Gasteiger partial charge on any atom is 0.341 e. The van der Waals surface area contributed by atoms with Gasteiger partial charge in [-0.05, 0) is 74.1 Å². The van der Waals surface area contributed by atoms with Gasteiger partial charge in [-0.3, -0.25) is 4.72 Å². The fourth-order valence-corrected chi connectivity index (χ4v) is 6.73. The molecule has 2 N–H and O–H groups in total. The maximum absolute atomic E-state index is 13.4. The fourth-order valence-electron chi connectivity index (χ4n) is 4.32. The molecule has 2 heterocycles. The average Bonchev–Trinajstić information content (AvgIpc) is 3.21. The molecular weight excluding hydrogens is 515 g/mol. The van der Waals surface area contributed by atoms with Crippen molar-refractivity contribution in [3.63, 3.8) is 0 Å². The van der Waals surface area contributed by atoms with Crippen LogP contribution in [0.15, 0.2) is 53.4 Å². The highest BCUT2D eigenvalue weighted by Crippen LogP contribution is 2.42. The number of aromatic nitrogens is 2. The molecule has 0 amide bonds. The minimum absolute atomic E-state index is 0.0439. The van der Waals surface area contributed by atoms with Crippen LogP contribution in [0.3, 0.4) is 0 Å². The number of nitrogens with one attached hydrogen (secondary N) is 2. The zero-order chi connectivity index (χ0) is 26.2. The second-order valence-electron chi connectivity index (χ2n) is 8.87. The number of esters is 1. The summed E-state index contributed by atoms with van der Waals surface area (Å²) in [5, 5.41) is 3.72. The largest absolute Gasteiger partial charge is 0.462 e. The molecule has 4 aromatic rings. The number of nitrogens with zero attached hydrogens (tertiary/aromatic N) is 2. The molecule has 1 aliphatic carbocycles. The van der Waals surface area contributed by atoms with E-state index in [1.165, 1.54) is 23.5 Å². The van der Waals surface area contributed by atoms with Crippen molar-refractivity contribution in [3.8, 4) is 0 Å². The van der Waals surface area contributed by atoms with Gasteiger partial charge < -0.3 is 10.1 Å². The lowest BCUT2D eigenvalue weighted by molar-refractivity contribution is 0.0526. The highest BCUT2D eigenvalue weighted by Gasteiger charge is 2.29. The van der Waals surface area contributed by atoms with Crippen molar-refractivity contribution in [2.24, 2.45) is 5.92 Å². The first-order valence-corrected chi connectivity index (χ1v) is 14.2. The van der Waals surface area contributed by atoms with Crippen LogP contribution in [0.2, 0.25) is 0 Å². The third kappa shape index (κ3) is 5.14. The van der Waals surface area contributed by atoms with Gasteiger partial charge in [-0.15, -0.1) is 11.3 Å². The van der Waals surface area contributed by atoms with E-state index in [4.69, 9.17) is 4.74 Å². The number of rotatable bonds is 7. The Hall–Kier alpha value is -3.57. The number of para-hydroxylation sites is 2. The SMILES string of the molecule is CCOC(=O)c1c(Nc2nc3ccccc3nc2NS(=O)(=O)c2ccc(F)cc2)sc2c1CCC(C)C2. The summed E-state index contributed by atoms with van der Waals surface area (Å²) in [5.74, 6) is -0.389. The molecule has 192 valence electrons. The van der Waals surface area contributed by atoms with Gasteiger partial charge in [-0.25, -0.2) is 27.6 Å². The van der Waals surface area contributed by atoms with Gasteiger partial charge in [0.15, 0.2) is 11.6 Å². The third-order valence-electron chi connectivity index (χ3n) is 6.15. The molecule has 2 aromatic heterocycles. The number of sulfonamides is 1. The predicted molar refractivity (Wildman–Crippen MR) is 141 cm³/mol. The summed E-state index contributed by atoms with van der Waals surface area (Å²) in [5.41, 5.74) is 2.44. The Kier molecular flexibility index (Phi) is 6.82.